The molecule has 5 heteroatoms. The summed E-state index contributed by atoms with van der Waals surface area (Å²) in [5.41, 5.74) is 2.25. The second-order valence-electron chi connectivity index (χ2n) is 4.18. The first-order valence-corrected chi connectivity index (χ1v) is 7.32. The number of aryl methyl sites for hydroxylation is 2. The molecule has 0 aliphatic rings. The highest BCUT2D eigenvalue weighted by molar-refractivity contribution is 7.13. The summed E-state index contributed by atoms with van der Waals surface area (Å²) < 4.78 is 5.40. The van der Waals surface area contributed by atoms with Gasteiger partial charge >= 0.3 is 0 Å². The number of hydrogen-bond acceptors (Lipinski definition) is 5. The average molecular weight is 275 g/mol. The molecule has 3 nitrogen and oxygen atoms in total. The van der Waals surface area contributed by atoms with E-state index in [-0.39, 0.29) is 0 Å². The summed E-state index contributed by atoms with van der Waals surface area (Å²) in [6, 6.07) is 6.33. The van der Waals surface area contributed by atoms with E-state index >= 15 is 0 Å². The fourth-order valence-corrected chi connectivity index (χ4v) is 3.27. The normalized spacial score (nSPS) is 11.0. The summed E-state index contributed by atoms with van der Waals surface area (Å²) in [5, 5.41) is 5.73. The van der Waals surface area contributed by atoms with E-state index < -0.39 is 0 Å². The van der Waals surface area contributed by atoms with Crippen molar-refractivity contribution in [2.45, 2.75) is 20.4 Å². The van der Waals surface area contributed by atoms with E-state index in [0.29, 0.717) is 0 Å². The van der Waals surface area contributed by atoms with Gasteiger partial charge in [-0.05, 0) is 43.6 Å². The molecule has 0 aliphatic carbocycles. The van der Waals surface area contributed by atoms with Crippen molar-refractivity contribution in [1.82, 2.24) is 9.36 Å². The second-order valence-corrected chi connectivity index (χ2v) is 6.30. The zero-order valence-corrected chi connectivity index (χ0v) is 11.9. The van der Waals surface area contributed by atoms with E-state index in [9.17, 15) is 0 Å². The van der Waals surface area contributed by atoms with Crippen LogP contribution >= 0.6 is 22.9 Å². The van der Waals surface area contributed by atoms with E-state index in [2.05, 4.69) is 46.7 Å². The largest absolute Gasteiger partial charge is 0.379 e. The third-order valence-corrected chi connectivity index (χ3v) is 4.72. The van der Waals surface area contributed by atoms with Crippen molar-refractivity contribution < 1.29 is 0 Å². The molecule has 1 N–H and O–H groups in total. The highest BCUT2D eigenvalue weighted by Gasteiger charge is 2.04. The van der Waals surface area contributed by atoms with Crippen molar-refractivity contribution in [3.05, 3.63) is 40.0 Å². The molecule has 18 heavy (non-hydrogen) atoms. The Morgan fingerprint density at radius 3 is 2.94 bits per heavy atom. The van der Waals surface area contributed by atoms with Gasteiger partial charge in [-0.25, -0.2) is 4.98 Å². The van der Waals surface area contributed by atoms with Crippen LogP contribution in [0.3, 0.4) is 0 Å². The fraction of sp³-hybridized carbons (Fsp3) is 0.231. The van der Waals surface area contributed by atoms with Crippen molar-refractivity contribution in [2.75, 3.05) is 5.32 Å². The third-order valence-electron chi connectivity index (χ3n) is 2.87. The summed E-state index contributed by atoms with van der Waals surface area (Å²) in [4.78, 5) is 5.82. The van der Waals surface area contributed by atoms with Gasteiger partial charge in [0.25, 0.3) is 0 Å². The molecule has 2 aromatic heterocycles. The molecule has 1 aromatic carbocycles. The lowest BCUT2D eigenvalue weighted by atomic mass is 10.2. The highest BCUT2D eigenvalue weighted by atomic mass is 32.1. The number of rotatable bonds is 3. The molecule has 2 heterocycles. The van der Waals surface area contributed by atoms with Crippen molar-refractivity contribution in [1.29, 1.82) is 0 Å². The Hall–Kier alpha value is -1.46. The molecule has 3 rings (SSSR count). The van der Waals surface area contributed by atoms with E-state index in [1.54, 1.807) is 11.3 Å². The Balaban J connectivity index is 1.76. The molecular formula is C13H13N3S2. The molecule has 0 radical (unpaired) electrons. The molecule has 0 atom stereocenters. The number of fused-ring (bicyclic) bond motifs is 1. The van der Waals surface area contributed by atoms with Gasteiger partial charge in [0.05, 0.1) is 16.9 Å². The summed E-state index contributed by atoms with van der Waals surface area (Å²) in [6.45, 7) is 4.94. The molecule has 92 valence electrons. The minimum Gasteiger partial charge on any atom is -0.379 e. The second kappa shape index (κ2) is 4.66. The van der Waals surface area contributed by atoms with Crippen LogP contribution in [0.5, 0.6) is 0 Å². The first kappa shape index (κ1) is 11.6. The zero-order valence-electron chi connectivity index (χ0n) is 10.2. The van der Waals surface area contributed by atoms with Crippen LogP contribution in [0.2, 0.25) is 0 Å². The van der Waals surface area contributed by atoms with Crippen molar-refractivity contribution in [3.8, 4) is 0 Å². The van der Waals surface area contributed by atoms with Crippen LogP contribution in [0.15, 0.2) is 24.4 Å². The van der Waals surface area contributed by atoms with Crippen LogP contribution in [-0.2, 0) is 6.54 Å². The SMILES string of the molecule is Cc1nc(CNc2ccc3sncc3c2)sc1C. The van der Waals surface area contributed by atoms with Gasteiger partial charge in [-0.1, -0.05) is 0 Å². The predicted octanol–water partition coefficient (Wildman–Crippen LogP) is 3.98. The molecule has 3 aromatic rings. The topological polar surface area (TPSA) is 37.8 Å². The van der Waals surface area contributed by atoms with Crippen molar-refractivity contribution in [3.63, 3.8) is 0 Å². The van der Waals surface area contributed by atoms with Gasteiger partial charge in [-0.2, -0.15) is 4.37 Å². The molecule has 0 saturated carbocycles. The summed E-state index contributed by atoms with van der Waals surface area (Å²) in [7, 11) is 0. The lowest BCUT2D eigenvalue weighted by molar-refractivity contribution is 1.07. The molecule has 0 saturated heterocycles. The Bertz CT molecular complexity index is 665. The smallest absolute Gasteiger partial charge is 0.112 e. The van der Waals surface area contributed by atoms with E-state index in [4.69, 9.17) is 0 Å². The molecule has 0 aliphatic heterocycles. The first-order chi connectivity index (χ1) is 8.72. The van der Waals surface area contributed by atoms with Crippen molar-refractivity contribution >= 4 is 38.6 Å². The van der Waals surface area contributed by atoms with Gasteiger partial charge in [0.1, 0.15) is 5.01 Å². The van der Waals surface area contributed by atoms with Gasteiger partial charge in [0.2, 0.25) is 0 Å². The predicted molar refractivity (Wildman–Crippen MR) is 78.5 cm³/mol. The monoisotopic (exact) mass is 275 g/mol. The quantitative estimate of drug-likeness (QED) is 0.785. The van der Waals surface area contributed by atoms with Crippen LogP contribution in [0.4, 0.5) is 5.69 Å². The lowest BCUT2D eigenvalue weighted by Crippen LogP contribution is -1.98. The zero-order chi connectivity index (χ0) is 12.5. The first-order valence-electron chi connectivity index (χ1n) is 5.73. The minimum atomic E-state index is 0.780. The summed E-state index contributed by atoms with van der Waals surface area (Å²) in [5.74, 6) is 0. The standard InChI is InChI=1S/C13H13N3S2/c1-8-9(2)17-13(16-8)7-14-11-3-4-12-10(5-11)6-15-18-12/h3-6,14H,7H2,1-2H3. The van der Waals surface area contributed by atoms with Crippen LogP contribution in [0, 0.1) is 13.8 Å². The Morgan fingerprint density at radius 1 is 1.28 bits per heavy atom. The number of anilines is 1. The molecule has 0 amide bonds. The fourth-order valence-electron chi connectivity index (χ4n) is 1.77. The number of thiazole rings is 1. The maximum absolute atomic E-state index is 4.52. The Morgan fingerprint density at radius 2 is 2.17 bits per heavy atom. The summed E-state index contributed by atoms with van der Waals surface area (Å²) in [6.07, 6.45) is 1.91. The van der Waals surface area contributed by atoms with Crippen LogP contribution in [0.25, 0.3) is 10.1 Å². The maximum Gasteiger partial charge on any atom is 0.112 e. The number of hydrogen-bond donors (Lipinski definition) is 1. The van der Waals surface area contributed by atoms with E-state index in [1.165, 1.54) is 26.5 Å². The van der Waals surface area contributed by atoms with Crippen molar-refractivity contribution in [2.24, 2.45) is 0 Å². The highest BCUT2D eigenvalue weighted by Crippen LogP contribution is 2.23. The maximum atomic E-state index is 4.52. The van der Waals surface area contributed by atoms with Gasteiger partial charge in [0, 0.05) is 22.1 Å². The van der Waals surface area contributed by atoms with Gasteiger partial charge in [0.15, 0.2) is 0 Å². The average Bonchev–Trinajstić information content (AvgIpc) is 2.94. The Kier molecular flexibility index (Phi) is 3.01. The number of aromatic nitrogens is 2. The van der Waals surface area contributed by atoms with Gasteiger partial charge < -0.3 is 5.32 Å². The lowest BCUT2D eigenvalue weighted by Gasteiger charge is -2.03. The number of nitrogens with zero attached hydrogens (tertiary/aromatic N) is 2. The van der Waals surface area contributed by atoms with E-state index in [0.717, 1.165) is 22.9 Å². The van der Waals surface area contributed by atoms with Gasteiger partial charge in [-0.15, -0.1) is 11.3 Å². The molecule has 0 unspecified atom stereocenters. The van der Waals surface area contributed by atoms with Crippen LogP contribution in [-0.4, -0.2) is 9.36 Å². The van der Waals surface area contributed by atoms with E-state index in [1.807, 2.05) is 6.20 Å². The number of benzene rings is 1. The Labute approximate surface area is 114 Å². The molecule has 0 spiro atoms. The molecule has 0 fully saturated rings. The third kappa shape index (κ3) is 2.23. The summed E-state index contributed by atoms with van der Waals surface area (Å²) >= 11 is 3.28. The number of nitrogens with one attached hydrogen (secondary N) is 1. The molecule has 0 bridgehead atoms. The molecular weight excluding hydrogens is 262 g/mol. The van der Waals surface area contributed by atoms with Crippen LogP contribution < -0.4 is 5.32 Å². The van der Waals surface area contributed by atoms with Gasteiger partial charge in [-0.3, -0.25) is 0 Å². The van der Waals surface area contributed by atoms with Crippen LogP contribution in [0.1, 0.15) is 15.6 Å². The minimum absolute atomic E-state index is 0.780.